The van der Waals surface area contributed by atoms with Crippen molar-refractivity contribution in [2.75, 3.05) is 32.6 Å². The zero-order valence-corrected chi connectivity index (χ0v) is 14.0. The molecule has 1 fully saturated rings. The van der Waals surface area contributed by atoms with Crippen LogP contribution in [0.4, 0.5) is 5.69 Å². The van der Waals surface area contributed by atoms with Crippen molar-refractivity contribution in [1.82, 2.24) is 4.90 Å². The van der Waals surface area contributed by atoms with Crippen LogP contribution in [0.15, 0.2) is 12.1 Å². The number of likely N-dealkylation sites (N-methyl/N-ethyl adjacent to an activating group) is 1. The van der Waals surface area contributed by atoms with Crippen LogP contribution in [0.3, 0.4) is 0 Å². The standard InChI is InChI=1S/C16H23ClN2O3/c1-10-6-13(15(22-3)7-12(10)17)18-16(21)9-19(2)8-14(20)11-4-5-11/h6-7,11,14,20H,4-5,8-9H2,1-3H3,(H,18,21). The van der Waals surface area contributed by atoms with Crippen LogP contribution in [-0.2, 0) is 4.79 Å². The Morgan fingerprint density at radius 2 is 2.23 bits per heavy atom. The van der Waals surface area contributed by atoms with E-state index in [-0.39, 0.29) is 18.6 Å². The van der Waals surface area contributed by atoms with E-state index >= 15 is 0 Å². The molecule has 1 atom stereocenters. The van der Waals surface area contributed by atoms with Crippen molar-refractivity contribution in [3.05, 3.63) is 22.7 Å². The number of nitrogens with one attached hydrogen (secondary N) is 1. The van der Waals surface area contributed by atoms with E-state index in [0.29, 0.717) is 28.9 Å². The van der Waals surface area contributed by atoms with E-state index in [1.807, 2.05) is 18.9 Å². The van der Waals surface area contributed by atoms with Crippen molar-refractivity contribution in [3.8, 4) is 5.75 Å². The van der Waals surface area contributed by atoms with Gasteiger partial charge >= 0.3 is 0 Å². The topological polar surface area (TPSA) is 61.8 Å². The van der Waals surface area contributed by atoms with Crippen molar-refractivity contribution < 1.29 is 14.6 Å². The Labute approximate surface area is 136 Å². The van der Waals surface area contributed by atoms with Gasteiger partial charge < -0.3 is 15.2 Å². The second-order valence-electron chi connectivity index (χ2n) is 5.95. The van der Waals surface area contributed by atoms with Crippen LogP contribution in [0.2, 0.25) is 5.02 Å². The molecule has 2 N–H and O–H groups in total. The lowest BCUT2D eigenvalue weighted by molar-refractivity contribution is -0.117. The van der Waals surface area contributed by atoms with Crippen molar-refractivity contribution in [2.24, 2.45) is 5.92 Å². The number of carbonyl (C=O) groups is 1. The second-order valence-corrected chi connectivity index (χ2v) is 6.36. The van der Waals surface area contributed by atoms with Gasteiger partial charge in [-0.15, -0.1) is 0 Å². The number of anilines is 1. The third-order valence-corrected chi connectivity index (χ3v) is 4.24. The molecule has 22 heavy (non-hydrogen) atoms. The van der Waals surface area contributed by atoms with Gasteiger partial charge in [0.2, 0.25) is 5.91 Å². The Morgan fingerprint density at radius 1 is 1.55 bits per heavy atom. The van der Waals surface area contributed by atoms with Crippen molar-refractivity contribution in [1.29, 1.82) is 0 Å². The summed E-state index contributed by atoms with van der Waals surface area (Å²) in [4.78, 5) is 14.0. The molecule has 1 aromatic rings. The Balaban J connectivity index is 1.92. The number of methoxy groups -OCH3 is 1. The summed E-state index contributed by atoms with van der Waals surface area (Å²) < 4.78 is 5.24. The zero-order chi connectivity index (χ0) is 16.3. The van der Waals surface area contributed by atoms with Gasteiger partial charge in [-0.25, -0.2) is 0 Å². The number of hydrogen-bond acceptors (Lipinski definition) is 4. The molecule has 1 aliphatic rings. The van der Waals surface area contributed by atoms with Crippen LogP contribution in [0.5, 0.6) is 5.75 Å². The number of aliphatic hydroxyl groups is 1. The molecule has 0 heterocycles. The first-order valence-electron chi connectivity index (χ1n) is 7.41. The summed E-state index contributed by atoms with van der Waals surface area (Å²) in [5, 5.41) is 13.3. The molecule has 1 aliphatic carbocycles. The zero-order valence-electron chi connectivity index (χ0n) is 13.2. The van der Waals surface area contributed by atoms with Crippen LogP contribution in [0.1, 0.15) is 18.4 Å². The van der Waals surface area contributed by atoms with E-state index in [1.54, 1.807) is 12.1 Å². The van der Waals surface area contributed by atoms with Crippen molar-refractivity contribution in [3.63, 3.8) is 0 Å². The SMILES string of the molecule is COc1cc(Cl)c(C)cc1NC(=O)CN(C)CC(O)C1CC1. The maximum atomic E-state index is 12.1. The molecule has 0 aromatic heterocycles. The Hall–Kier alpha value is -1.30. The number of halogens is 1. The molecule has 1 aromatic carbocycles. The minimum atomic E-state index is -0.342. The lowest BCUT2D eigenvalue weighted by atomic mass is 10.2. The maximum absolute atomic E-state index is 12.1. The number of nitrogens with zero attached hydrogens (tertiary/aromatic N) is 1. The largest absolute Gasteiger partial charge is 0.495 e. The lowest BCUT2D eigenvalue weighted by Crippen LogP contribution is -2.36. The van der Waals surface area contributed by atoms with Gasteiger partial charge in [-0.05, 0) is 44.4 Å². The van der Waals surface area contributed by atoms with E-state index in [4.69, 9.17) is 16.3 Å². The summed E-state index contributed by atoms with van der Waals surface area (Å²) in [5.41, 5.74) is 1.47. The molecule has 1 unspecified atom stereocenters. The van der Waals surface area contributed by atoms with Gasteiger partial charge in [0.15, 0.2) is 0 Å². The van der Waals surface area contributed by atoms with Crippen LogP contribution >= 0.6 is 11.6 Å². The minimum absolute atomic E-state index is 0.148. The van der Waals surface area contributed by atoms with Gasteiger partial charge in [-0.2, -0.15) is 0 Å². The molecule has 0 spiro atoms. The monoisotopic (exact) mass is 326 g/mol. The maximum Gasteiger partial charge on any atom is 0.238 e. The third-order valence-electron chi connectivity index (χ3n) is 3.83. The highest BCUT2D eigenvalue weighted by atomic mass is 35.5. The highest BCUT2D eigenvalue weighted by Gasteiger charge is 2.30. The fourth-order valence-electron chi connectivity index (χ4n) is 2.38. The van der Waals surface area contributed by atoms with Gasteiger partial charge in [-0.3, -0.25) is 9.69 Å². The normalized spacial score (nSPS) is 15.7. The quantitative estimate of drug-likeness (QED) is 0.807. The van der Waals surface area contributed by atoms with Crippen LogP contribution < -0.4 is 10.1 Å². The highest BCUT2D eigenvalue weighted by molar-refractivity contribution is 6.31. The molecule has 1 saturated carbocycles. The smallest absolute Gasteiger partial charge is 0.238 e. The van der Waals surface area contributed by atoms with Crippen molar-refractivity contribution in [2.45, 2.75) is 25.9 Å². The number of aliphatic hydroxyl groups excluding tert-OH is 1. The van der Waals surface area contributed by atoms with E-state index in [0.717, 1.165) is 18.4 Å². The molecule has 0 aliphatic heterocycles. The molecule has 1 amide bonds. The fraction of sp³-hybridized carbons (Fsp3) is 0.562. The van der Waals surface area contributed by atoms with Gasteiger partial charge in [0, 0.05) is 17.6 Å². The summed E-state index contributed by atoms with van der Waals surface area (Å²) in [5.74, 6) is 0.791. The van der Waals surface area contributed by atoms with Crippen LogP contribution in [0.25, 0.3) is 0 Å². The van der Waals surface area contributed by atoms with Crippen molar-refractivity contribution >= 4 is 23.2 Å². The Bertz CT molecular complexity index is 546. The minimum Gasteiger partial charge on any atom is -0.495 e. The van der Waals surface area contributed by atoms with E-state index in [9.17, 15) is 9.90 Å². The predicted octanol–water partition coefficient (Wildman–Crippen LogP) is 2.30. The molecule has 0 bridgehead atoms. The molecular formula is C16H23ClN2O3. The first-order valence-corrected chi connectivity index (χ1v) is 7.79. The second kappa shape index (κ2) is 7.31. The van der Waals surface area contributed by atoms with Crippen LogP contribution in [-0.4, -0.2) is 49.3 Å². The summed E-state index contributed by atoms with van der Waals surface area (Å²) in [6.45, 7) is 2.60. The van der Waals surface area contributed by atoms with Gasteiger partial charge in [0.25, 0.3) is 0 Å². The molecule has 6 heteroatoms. The first kappa shape index (κ1) is 17.1. The average Bonchev–Trinajstić information content (AvgIpc) is 3.26. The number of aryl methyl sites for hydroxylation is 1. The molecule has 2 rings (SSSR count). The molecule has 0 saturated heterocycles. The summed E-state index contributed by atoms with van der Waals surface area (Å²) in [6.07, 6.45) is 1.83. The van der Waals surface area contributed by atoms with Gasteiger partial charge in [0.1, 0.15) is 5.75 Å². The predicted molar refractivity (Wildman–Crippen MR) is 87.6 cm³/mol. The lowest BCUT2D eigenvalue weighted by Gasteiger charge is -2.20. The number of amides is 1. The third kappa shape index (κ3) is 4.60. The van der Waals surface area contributed by atoms with Crippen LogP contribution in [0, 0.1) is 12.8 Å². The highest BCUT2D eigenvalue weighted by Crippen LogP contribution is 2.33. The van der Waals surface area contributed by atoms with E-state index < -0.39 is 0 Å². The number of benzene rings is 1. The molecular weight excluding hydrogens is 304 g/mol. The first-order chi connectivity index (χ1) is 10.4. The average molecular weight is 327 g/mol. The number of carbonyl (C=O) groups excluding carboxylic acids is 1. The van der Waals surface area contributed by atoms with E-state index in [2.05, 4.69) is 5.32 Å². The molecule has 5 nitrogen and oxygen atoms in total. The number of ether oxygens (including phenoxy) is 1. The Kier molecular flexibility index (Phi) is 5.67. The fourth-order valence-corrected chi connectivity index (χ4v) is 2.53. The van der Waals surface area contributed by atoms with Gasteiger partial charge in [0.05, 0.1) is 25.4 Å². The molecule has 0 radical (unpaired) electrons. The number of hydrogen-bond donors (Lipinski definition) is 2. The molecule has 122 valence electrons. The summed E-state index contributed by atoms with van der Waals surface area (Å²) in [6, 6.07) is 3.48. The summed E-state index contributed by atoms with van der Waals surface area (Å²) in [7, 11) is 3.37. The number of rotatable bonds is 7. The van der Waals surface area contributed by atoms with E-state index in [1.165, 1.54) is 7.11 Å². The summed E-state index contributed by atoms with van der Waals surface area (Å²) >= 11 is 6.05. The Morgan fingerprint density at radius 3 is 2.82 bits per heavy atom. The van der Waals surface area contributed by atoms with Gasteiger partial charge in [-0.1, -0.05) is 11.6 Å².